The summed E-state index contributed by atoms with van der Waals surface area (Å²) in [6.45, 7) is 11.4. The lowest BCUT2D eigenvalue weighted by Gasteiger charge is -2.38. The number of aromatic amines is 1. The standard InChI is InChI=1S/C27H32N6O/c1-6-27(4,5)33-25(29-30-31-33)24(32-13-9-11-19-10-7-8-12-23(19)32)21-16-20-18(3)14-17(2)15-22(20)28-26(21)34/h7-8,10,12,14-16,24H,6,9,11,13H2,1-5H3,(H,28,34)/t24-/m1/s1. The van der Waals surface area contributed by atoms with E-state index in [4.69, 9.17) is 0 Å². The number of benzene rings is 2. The second-order valence-electron chi connectivity index (χ2n) is 10.0. The summed E-state index contributed by atoms with van der Waals surface area (Å²) in [5.41, 5.74) is 5.83. The van der Waals surface area contributed by atoms with E-state index < -0.39 is 6.04 Å². The molecule has 0 spiro atoms. The molecule has 7 nitrogen and oxygen atoms in total. The highest BCUT2D eigenvalue weighted by atomic mass is 16.1. The number of aromatic nitrogens is 5. The molecule has 7 heteroatoms. The Bertz CT molecular complexity index is 1420. The number of hydrogen-bond acceptors (Lipinski definition) is 5. The summed E-state index contributed by atoms with van der Waals surface area (Å²) in [6, 6.07) is 14.3. The number of H-pyrrole nitrogens is 1. The predicted octanol–water partition coefficient (Wildman–Crippen LogP) is 4.82. The van der Waals surface area contributed by atoms with Crippen LogP contribution in [0, 0.1) is 13.8 Å². The number of aryl methyl sites for hydroxylation is 3. The van der Waals surface area contributed by atoms with E-state index in [1.165, 1.54) is 5.56 Å². The van der Waals surface area contributed by atoms with Crippen molar-refractivity contribution in [2.45, 2.75) is 65.5 Å². The van der Waals surface area contributed by atoms with Crippen LogP contribution in [0.1, 0.15) is 67.7 Å². The van der Waals surface area contributed by atoms with Crippen molar-refractivity contribution in [3.05, 3.63) is 80.9 Å². The van der Waals surface area contributed by atoms with E-state index in [1.807, 2.05) is 23.7 Å². The topological polar surface area (TPSA) is 79.7 Å². The zero-order valence-corrected chi connectivity index (χ0v) is 20.6. The summed E-state index contributed by atoms with van der Waals surface area (Å²) in [4.78, 5) is 19.1. The fourth-order valence-electron chi connectivity index (χ4n) is 5.12. The summed E-state index contributed by atoms with van der Waals surface area (Å²) in [5, 5.41) is 14.0. The van der Waals surface area contributed by atoms with Crippen molar-refractivity contribution in [1.82, 2.24) is 25.2 Å². The Morgan fingerprint density at radius 3 is 2.74 bits per heavy atom. The van der Waals surface area contributed by atoms with Gasteiger partial charge in [0.1, 0.15) is 6.04 Å². The number of fused-ring (bicyclic) bond motifs is 2. The van der Waals surface area contributed by atoms with Crippen LogP contribution in [0.25, 0.3) is 10.9 Å². The van der Waals surface area contributed by atoms with E-state index >= 15 is 0 Å². The number of tetrazole rings is 1. The van der Waals surface area contributed by atoms with Crippen molar-refractivity contribution in [3.8, 4) is 0 Å². The number of rotatable bonds is 5. The molecule has 0 fully saturated rings. The Hall–Kier alpha value is -3.48. The molecule has 34 heavy (non-hydrogen) atoms. The highest BCUT2D eigenvalue weighted by Crippen LogP contribution is 2.38. The van der Waals surface area contributed by atoms with Gasteiger partial charge in [0, 0.05) is 28.7 Å². The second-order valence-corrected chi connectivity index (χ2v) is 10.0. The van der Waals surface area contributed by atoms with E-state index in [2.05, 4.69) is 83.4 Å². The average molecular weight is 457 g/mol. The van der Waals surface area contributed by atoms with E-state index in [0.29, 0.717) is 11.4 Å². The van der Waals surface area contributed by atoms with Gasteiger partial charge in [-0.05, 0) is 92.3 Å². The highest BCUT2D eigenvalue weighted by Gasteiger charge is 2.36. The maximum absolute atomic E-state index is 13.6. The van der Waals surface area contributed by atoms with E-state index in [1.54, 1.807) is 0 Å². The van der Waals surface area contributed by atoms with Gasteiger partial charge in [-0.25, -0.2) is 4.68 Å². The monoisotopic (exact) mass is 456 g/mol. The Morgan fingerprint density at radius 1 is 1.15 bits per heavy atom. The van der Waals surface area contributed by atoms with E-state index in [9.17, 15) is 4.79 Å². The van der Waals surface area contributed by atoms with Gasteiger partial charge in [-0.2, -0.15) is 0 Å². The molecule has 4 aromatic rings. The van der Waals surface area contributed by atoms with Gasteiger partial charge in [0.25, 0.3) is 5.56 Å². The lowest BCUT2D eigenvalue weighted by Crippen LogP contribution is -2.40. The zero-order valence-electron chi connectivity index (χ0n) is 20.6. The molecule has 1 atom stereocenters. The molecule has 2 aromatic heterocycles. The first-order chi connectivity index (χ1) is 16.3. The maximum Gasteiger partial charge on any atom is 0.254 e. The predicted molar refractivity (Wildman–Crippen MR) is 135 cm³/mol. The summed E-state index contributed by atoms with van der Waals surface area (Å²) in [6.07, 6.45) is 2.90. The van der Waals surface area contributed by atoms with E-state index in [0.717, 1.165) is 53.5 Å². The molecule has 0 radical (unpaired) electrons. The lowest BCUT2D eigenvalue weighted by atomic mass is 9.94. The van der Waals surface area contributed by atoms with Crippen molar-refractivity contribution >= 4 is 16.6 Å². The Balaban J connectivity index is 1.79. The number of anilines is 1. The Morgan fingerprint density at radius 2 is 1.94 bits per heavy atom. The van der Waals surface area contributed by atoms with Gasteiger partial charge in [-0.3, -0.25) is 4.79 Å². The molecule has 1 aliphatic rings. The minimum atomic E-state index is -0.406. The molecule has 176 valence electrons. The van der Waals surface area contributed by atoms with Gasteiger partial charge in [0.05, 0.1) is 5.54 Å². The summed E-state index contributed by atoms with van der Waals surface area (Å²) in [7, 11) is 0. The second kappa shape index (κ2) is 8.38. The van der Waals surface area contributed by atoms with Crippen LogP contribution in [0.3, 0.4) is 0 Å². The largest absolute Gasteiger partial charge is 0.357 e. The minimum absolute atomic E-state index is 0.102. The fourth-order valence-corrected chi connectivity index (χ4v) is 5.12. The number of pyridine rings is 1. The van der Waals surface area contributed by atoms with Crippen molar-refractivity contribution in [2.24, 2.45) is 0 Å². The maximum atomic E-state index is 13.6. The first-order valence-corrected chi connectivity index (χ1v) is 12.1. The first kappa shape index (κ1) is 22.3. The Kier molecular flexibility index (Phi) is 5.50. The van der Waals surface area contributed by atoms with Gasteiger partial charge in [-0.15, -0.1) is 5.10 Å². The first-order valence-electron chi connectivity index (χ1n) is 12.1. The molecule has 0 bridgehead atoms. The van der Waals surface area contributed by atoms with Crippen molar-refractivity contribution in [2.75, 3.05) is 11.4 Å². The molecule has 0 saturated heterocycles. The molecule has 5 rings (SSSR count). The quantitative estimate of drug-likeness (QED) is 0.466. The molecule has 0 saturated carbocycles. The smallest absolute Gasteiger partial charge is 0.254 e. The number of nitrogens with one attached hydrogen (secondary N) is 1. The number of hydrogen-bond donors (Lipinski definition) is 1. The van der Waals surface area contributed by atoms with Gasteiger partial charge < -0.3 is 9.88 Å². The van der Waals surface area contributed by atoms with Crippen LogP contribution < -0.4 is 10.5 Å². The van der Waals surface area contributed by atoms with Crippen LogP contribution in [-0.4, -0.2) is 31.7 Å². The van der Waals surface area contributed by atoms with Crippen LogP contribution in [0.5, 0.6) is 0 Å². The van der Waals surface area contributed by atoms with Crippen LogP contribution >= 0.6 is 0 Å². The van der Waals surface area contributed by atoms with Crippen LogP contribution in [0.2, 0.25) is 0 Å². The average Bonchev–Trinajstić information content (AvgIpc) is 3.30. The Labute approximate surface area is 199 Å². The third kappa shape index (κ3) is 3.69. The summed E-state index contributed by atoms with van der Waals surface area (Å²) in [5.74, 6) is 0.693. The van der Waals surface area contributed by atoms with E-state index in [-0.39, 0.29) is 11.1 Å². The van der Waals surface area contributed by atoms with Gasteiger partial charge >= 0.3 is 0 Å². The van der Waals surface area contributed by atoms with Crippen molar-refractivity contribution in [3.63, 3.8) is 0 Å². The third-order valence-corrected chi connectivity index (χ3v) is 7.27. The van der Waals surface area contributed by atoms with Gasteiger partial charge in [-0.1, -0.05) is 31.2 Å². The molecule has 3 heterocycles. The molecule has 0 amide bonds. The SMILES string of the molecule is CCC(C)(C)n1nnnc1[C@@H](c1cc2c(C)cc(C)cc2[nH]c1=O)N1CCCc2ccccc21. The zero-order chi connectivity index (χ0) is 24.0. The van der Waals surface area contributed by atoms with Crippen molar-refractivity contribution in [1.29, 1.82) is 0 Å². The summed E-state index contributed by atoms with van der Waals surface area (Å²) < 4.78 is 1.90. The third-order valence-electron chi connectivity index (χ3n) is 7.27. The molecule has 1 aliphatic heterocycles. The molecular weight excluding hydrogens is 424 g/mol. The number of para-hydroxylation sites is 1. The molecule has 2 aromatic carbocycles. The normalized spacial score (nSPS) is 14.9. The highest BCUT2D eigenvalue weighted by molar-refractivity contribution is 5.83. The van der Waals surface area contributed by atoms with Gasteiger partial charge in [0.15, 0.2) is 5.82 Å². The van der Waals surface area contributed by atoms with Crippen LogP contribution in [-0.2, 0) is 12.0 Å². The van der Waals surface area contributed by atoms with Crippen LogP contribution in [0.4, 0.5) is 5.69 Å². The molecular formula is C27H32N6O. The molecule has 1 N–H and O–H groups in total. The minimum Gasteiger partial charge on any atom is -0.357 e. The fraction of sp³-hybridized carbons (Fsp3) is 0.407. The van der Waals surface area contributed by atoms with Crippen LogP contribution in [0.15, 0.2) is 47.3 Å². The molecule has 0 unspecified atom stereocenters. The summed E-state index contributed by atoms with van der Waals surface area (Å²) >= 11 is 0. The number of nitrogens with zero attached hydrogens (tertiary/aromatic N) is 5. The molecule has 0 aliphatic carbocycles. The van der Waals surface area contributed by atoms with Crippen molar-refractivity contribution < 1.29 is 0 Å². The lowest BCUT2D eigenvalue weighted by molar-refractivity contribution is 0.287. The van der Waals surface area contributed by atoms with Gasteiger partial charge in [0.2, 0.25) is 0 Å².